The summed E-state index contributed by atoms with van der Waals surface area (Å²) in [5.74, 6) is -2.26. The van der Waals surface area contributed by atoms with Gasteiger partial charge in [0.25, 0.3) is 0 Å². The Morgan fingerprint density at radius 1 is 1.24 bits per heavy atom. The molecule has 1 heterocycles. The summed E-state index contributed by atoms with van der Waals surface area (Å²) >= 11 is 0. The zero-order chi connectivity index (χ0) is 12.4. The van der Waals surface area contributed by atoms with Crippen LogP contribution in [-0.4, -0.2) is 26.2 Å². The first-order chi connectivity index (χ1) is 8.08. The number of halogens is 3. The summed E-state index contributed by atoms with van der Waals surface area (Å²) in [5, 5.41) is 3.19. The van der Waals surface area contributed by atoms with Gasteiger partial charge < -0.3 is 10.2 Å². The van der Waals surface area contributed by atoms with Crippen LogP contribution in [0.2, 0.25) is 0 Å². The maximum atomic E-state index is 13.6. The quantitative estimate of drug-likeness (QED) is 0.814. The second-order valence-electron chi connectivity index (χ2n) is 4.47. The van der Waals surface area contributed by atoms with Crippen LogP contribution in [0.25, 0.3) is 0 Å². The lowest BCUT2D eigenvalue weighted by Gasteiger charge is -2.25. The van der Waals surface area contributed by atoms with E-state index in [1.807, 2.05) is 6.92 Å². The van der Waals surface area contributed by atoms with Gasteiger partial charge in [0.2, 0.25) is 0 Å². The molecule has 0 saturated carbocycles. The fourth-order valence-electron chi connectivity index (χ4n) is 2.13. The Morgan fingerprint density at radius 3 is 2.53 bits per heavy atom. The molecule has 0 spiro atoms. The highest BCUT2D eigenvalue weighted by Crippen LogP contribution is 2.25. The first kappa shape index (κ1) is 12.2. The van der Waals surface area contributed by atoms with Crippen LogP contribution in [0.4, 0.5) is 18.9 Å². The molecule has 1 N–H and O–H groups in total. The molecule has 1 aromatic carbocycles. The Bertz CT molecular complexity index is 386. The van der Waals surface area contributed by atoms with Gasteiger partial charge in [0, 0.05) is 31.8 Å². The predicted octanol–water partition coefficient (Wildman–Crippen LogP) is 2.15. The summed E-state index contributed by atoms with van der Waals surface area (Å²) in [4.78, 5) is 1.63. The van der Waals surface area contributed by atoms with Crippen molar-refractivity contribution < 1.29 is 13.2 Å². The standard InChI is InChI=1S/C12H15F3N2/c1-8-6-16-2-3-17(7-8)12-10(14)4-9(13)5-11(12)15/h4-5,8,16H,2-3,6-7H2,1H3. The van der Waals surface area contributed by atoms with Gasteiger partial charge >= 0.3 is 0 Å². The van der Waals surface area contributed by atoms with Crippen molar-refractivity contribution in [3.63, 3.8) is 0 Å². The van der Waals surface area contributed by atoms with Gasteiger partial charge in [-0.1, -0.05) is 6.92 Å². The third-order valence-electron chi connectivity index (χ3n) is 2.88. The average molecular weight is 244 g/mol. The first-order valence-corrected chi connectivity index (χ1v) is 5.68. The van der Waals surface area contributed by atoms with Crippen LogP contribution in [0.1, 0.15) is 6.92 Å². The van der Waals surface area contributed by atoms with E-state index in [-0.39, 0.29) is 5.69 Å². The second-order valence-corrected chi connectivity index (χ2v) is 4.47. The van der Waals surface area contributed by atoms with Crippen molar-refractivity contribution in [2.75, 3.05) is 31.1 Å². The third-order valence-corrected chi connectivity index (χ3v) is 2.88. The molecule has 1 fully saturated rings. The van der Waals surface area contributed by atoms with Crippen LogP contribution in [0, 0.1) is 23.4 Å². The molecular formula is C12H15F3N2. The van der Waals surface area contributed by atoms with Gasteiger partial charge in [0.1, 0.15) is 11.5 Å². The van der Waals surface area contributed by atoms with Crippen molar-refractivity contribution in [2.45, 2.75) is 6.92 Å². The normalized spacial score (nSPS) is 21.4. The number of anilines is 1. The summed E-state index contributed by atoms with van der Waals surface area (Å²) in [7, 11) is 0. The summed E-state index contributed by atoms with van der Waals surface area (Å²) in [5.41, 5.74) is -0.123. The number of nitrogens with one attached hydrogen (secondary N) is 1. The first-order valence-electron chi connectivity index (χ1n) is 5.68. The van der Waals surface area contributed by atoms with Crippen LogP contribution < -0.4 is 10.2 Å². The van der Waals surface area contributed by atoms with E-state index < -0.39 is 17.5 Å². The molecule has 0 aliphatic carbocycles. The topological polar surface area (TPSA) is 15.3 Å². The van der Waals surface area contributed by atoms with Crippen LogP contribution in [0.5, 0.6) is 0 Å². The maximum Gasteiger partial charge on any atom is 0.152 e. The molecule has 0 amide bonds. The number of hydrogen-bond donors (Lipinski definition) is 1. The molecule has 5 heteroatoms. The Morgan fingerprint density at radius 2 is 1.88 bits per heavy atom. The monoisotopic (exact) mass is 244 g/mol. The molecule has 1 atom stereocenters. The minimum atomic E-state index is -0.884. The molecule has 1 saturated heterocycles. The van der Waals surface area contributed by atoms with E-state index in [1.54, 1.807) is 4.90 Å². The Hall–Kier alpha value is -1.23. The molecule has 2 rings (SSSR count). The van der Waals surface area contributed by atoms with Gasteiger partial charge in [-0.2, -0.15) is 0 Å². The van der Waals surface area contributed by atoms with E-state index in [4.69, 9.17) is 0 Å². The van der Waals surface area contributed by atoms with E-state index >= 15 is 0 Å². The second kappa shape index (κ2) is 4.96. The number of hydrogen-bond acceptors (Lipinski definition) is 2. The largest absolute Gasteiger partial charge is 0.365 e. The smallest absolute Gasteiger partial charge is 0.152 e. The summed E-state index contributed by atoms with van der Waals surface area (Å²) in [6.45, 7) is 4.57. The van der Waals surface area contributed by atoms with Crippen molar-refractivity contribution in [3.8, 4) is 0 Å². The van der Waals surface area contributed by atoms with Crippen LogP contribution in [0.15, 0.2) is 12.1 Å². The maximum absolute atomic E-state index is 13.6. The fourth-order valence-corrected chi connectivity index (χ4v) is 2.13. The highest BCUT2D eigenvalue weighted by molar-refractivity contribution is 5.49. The molecule has 1 aliphatic rings. The molecule has 0 bridgehead atoms. The Labute approximate surface area is 98.4 Å². The number of nitrogens with zero attached hydrogens (tertiary/aromatic N) is 1. The predicted molar refractivity (Wildman–Crippen MR) is 60.6 cm³/mol. The zero-order valence-electron chi connectivity index (χ0n) is 9.64. The van der Waals surface area contributed by atoms with Crippen LogP contribution in [0.3, 0.4) is 0 Å². The summed E-state index contributed by atoms with van der Waals surface area (Å²) in [6, 6.07) is 1.45. The highest BCUT2D eigenvalue weighted by Gasteiger charge is 2.21. The molecule has 1 aromatic rings. The van der Waals surface area contributed by atoms with Gasteiger partial charge in [0.15, 0.2) is 11.6 Å². The number of rotatable bonds is 1. The minimum absolute atomic E-state index is 0.123. The lowest BCUT2D eigenvalue weighted by Crippen LogP contribution is -2.31. The van der Waals surface area contributed by atoms with E-state index in [0.717, 1.165) is 18.7 Å². The number of benzene rings is 1. The van der Waals surface area contributed by atoms with Crippen molar-refractivity contribution in [2.24, 2.45) is 5.92 Å². The van der Waals surface area contributed by atoms with Gasteiger partial charge in [-0.05, 0) is 12.5 Å². The van der Waals surface area contributed by atoms with E-state index in [0.29, 0.717) is 25.6 Å². The van der Waals surface area contributed by atoms with E-state index in [1.165, 1.54) is 0 Å². The van der Waals surface area contributed by atoms with Crippen LogP contribution >= 0.6 is 0 Å². The lowest BCUT2D eigenvalue weighted by molar-refractivity contribution is 0.526. The Balaban J connectivity index is 2.32. The van der Waals surface area contributed by atoms with Crippen LogP contribution in [-0.2, 0) is 0 Å². The van der Waals surface area contributed by atoms with Gasteiger partial charge in [-0.15, -0.1) is 0 Å². The molecular weight excluding hydrogens is 229 g/mol. The van der Waals surface area contributed by atoms with Gasteiger partial charge in [0.05, 0.1) is 0 Å². The van der Waals surface area contributed by atoms with Gasteiger partial charge in [-0.25, -0.2) is 13.2 Å². The fraction of sp³-hybridized carbons (Fsp3) is 0.500. The molecule has 17 heavy (non-hydrogen) atoms. The van der Waals surface area contributed by atoms with Crippen molar-refractivity contribution in [1.82, 2.24) is 5.32 Å². The molecule has 1 unspecified atom stereocenters. The van der Waals surface area contributed by atoms with E-state index in [9.17, 15) is 13.2 Å². The summed E-state index contributed by atoms with van der Waals surface area (Å²) < 4.78 is 40.0. The molecule has 1 aliphatic heterocycles. The lowest BCUT2D eigenvalue weighted by atomic mass is 10.1. The Kier molecular flexibility index (Phi) is 3.57. The molecule has 2 nitrogen and oxygen atoms in total. The van der Waals surface area contributed by atoms with E-state index in [2.05, 4.69) is 5.32 Å². The zero-order valence-corrected chi connectivity index (χ0v) is 9.64. The summed E-state index contributed by atoms with van der Waals surface area (Å²) in [6.07, 6.45) is 0. The molecule has 94 valence electrons. The average Bonchev–Trinajstić information content (AvgIpc) is 2.41. The van der Waals surface area contributed by atoms with Gasteiger partial charge in [-0.3, -0.25) is 0 Å². The van der Waals surface area contributed by atoms with Crippen molar-refractivity contribution in [1.29, 1.82) is 0 Å². The van der Waals surface area contributed by atoms with Crippen molar-refractivity contribution in [3.05, 3.63) is 29.6 Å². The minimum Gasteiger partial charge on any atom is -0.365 e. The highest BCUT2D eigenvalue weighted by atomic mass is 19.1. The third kappa shape index (κ3) is 2.72. The van der Waals surface area contributed by atoms with Crippen molar-refractivity contribution >= 4 is 5.69 Å². The molecule has 0 aromatic heterocycles. The molecule has 0 radical (unpaired) electrons. The SMILES string of the molecule is CC1CNCCN(c2c(F)cc(F)cc2F)C1.